The fraction of sp³-hybridized carbons (Fsp3) is 0.400. The number of hydrogen-bond acceptors (Lipinski definition) is 7. The Balaban J connectivity index is 1.39. The number of tetrazole rings is 1. The number of carbonyl (C=O) groups is 3. The van der Waals surface area contributed by atoms with Crippen molar-refractivity contribution in [1.82, 2.24) is 25.1 Å². The van der Waals surface area contributed by atoms with Gasteiger partial charge in [0, 0.05) is 42.1 Å². The molecule has 1 aromatic heterocycles. The largest absolute Gasteiger partial charge is 0.478 e. The number of nitrogens with one attached hydrogen (secondary N) is 1. The van der Waals surface area contributed by atoms with E-state index < -0.39 is 12.0 Å². The molecule has 0 spiro atoms. The second-order valence-corrected chi connectivity index (χ2v) is 11.3. The highest BCUT2D eigenvalue weighted by molar-refractivity contribution is 6.30. The van der Waals surface area contributed by atoms with E-state index in [2.05, 4.69) is 27.8 Å². The van der Waals surface area contributed by atoms with Crippen LogP contribution in [0, 0.1) is 17.8 Å². The first-order chi connectivity index (χ1) is 20.3. The third kappa shape index (κ3) is 6.85. The molecule has 2 aliphatic rings. The van der Waals surface area contributed by atoms with E-state index in [0.717, 1.165) is 32.5 Å². The Morgan fingerprint density at radius 1 is 1.12 bits per heavy atom. The highest BCUT2D eigenvalue weighted by Crippen LogP contribution is 2.38. The van der Waals surface area contributed by atoms with Crippen molar-refractivity contribution in [2.75, 3.05) is 25.1 Å². The molecule has 0 aliphatic carbocycles. The number of aromatic nitrogens is 4. The van der Waals surface area contributed by atoms with Crippen molar-refractivity contribution in [2.24, 2.45) is 17.8 Å². The quantitative estimate of drug-likeness (QED) is 0.386. The molecular weight excluding hydrogens is 560 g/mol. The van der Waals surface area contributed by atoms with Crippen molar-refractivity contribution >= 4 is 41.1 Å². The van der Waals surface area contributed by atoms with Gasteiger partial charge in [-0.05, 0) is 102 Å². The molecule has 3 heterocycles. The number of rotatable bonds is 7. The smallest absolute Gasteiger partial charge is 0.335 e. The minimum Gasteiger partial charge on any atom is -0.478 e. The zero-order valence-electron chi connectivity index (χ0n) is 23.2. The summed E-state index contributed by atoms with van der Waals surface area (Å²) in [4.78, 5) is 40.2. The molecule has 2 fully saturated rings. The molecule has 11 nitrogen and oxygen atoms in total. The number of likely N-dealkylation sites (tertiary alicyclic amines) is 1. The van der Waals surface area contributed by atoms with Crippen LogP contribution >= 0.6 is 11.6 Å². The molecule has 5 rings (SSSR count). The Kier molecular flexibility index (Phi) is 9.28. The first kappa shape index (κ1) is 29.4. The first-order valence-corrected chi connectivity index (χ1v) is 14.4. The summed E-state index contributed by atoms with van der Waals surface area (Å²) in [5.41, 5.74) is 1.89. The molecule has 0 bridgehead atoms. The second kappa shape index (κ2) is 13.3. The third-order valence-corrected chi connectivity index (χ3v) is 8.42. The summed E-state index contributed by atoms with van der Waals surface area (Å²) >= 11 is 6.25. The molecule has 0 saturated carbocycles. The zero-order chi connectivity index (χ0) is 29.6. The number of nitrogens with zero attached hydrogens (tertiary/aromatic N) is 5. The summed E-state index contributed by atoms with van der Waals surface area (Å²) in [5.74, 6) is -0.719. The van der Waals surface area contributed by atoms with Gasteiger partial charge in [-0.3, -0.25) is 9.59 Å². The van der Waals surface area contributed by atoms with E-state index in [1.54, 1.807) is 41.3 Å². The van der Waals surface area contributed by atoms with Crippen LogP contribution in [0.25, 0.3) is 11.8 Å². The van der Waals surface area contributed by atoms with Gasteiger partial charge in [-0.15, -0.1) is 5.10 Å². The highest BCUT2D eigenvalue weighted by atomic mass is 35.5. The minimum atomic E-state index is -1.04. The van der Waals surface area contributed by atoms with Crippen LogP contribution in [0.1, 0.15) is 48.5 Å². The Bertz CT molecular complexity index is 1440. The summed E-state index contributed by atoms with van der Waals surface area (Å²) < 4.78 is 7.17. The fourth-order valence-electron chi connectivity index (χ4n) is 5.98. The number of carbonyl (C=O) groups excluding carboxylic acids is 2. The molecule has 2 amide bonds. The van der Waals surface area contributed by atoms with E-state index in [0.29, 0.717) is 46.8 Å². The SMILES string of the molecule is CC1CCOCCCC1C1CC(C(=O)Nc2ccc(C(=O)O)cc2)N(C(=O)C=Cc2cc(Cl)ccc2-n2cnnn2)C1. The monoisotopic (exact) mass is 592 g/mol. The lowest BCUT2D eigenvalue weighted by Gasteiger charge is -2.31. The van der Waals surface area contributed by atoms with Crippen LogP contribution in [0.2, 0.25) is 5.02 Å². The Hall–Kier alpha value is -4.09. The van der Waals surface area contributed by atoms with Crippen LogP contribution in [0.3, 0.4) is 0 Å². The number of anilines is 1. The van der Waals surface area contributed by atoms with Gasteiger partial charge in [0.25, 0.3) is 0 Å². The predicted molar refractivity (Wildman–Crippen MR) is 156 cm³/mol. The fourth-order valence-corrected chi connectivity index (χ4v) is 6.16. The number of hydrogen-bond donors (Lipinski definition) is 2. The summed E-state index contributed by atoms with van der Waals surface area (Å²) in [6.45, 7) is 4.13. The number of ether oxygens (including phenoxy) is 1. The average molecular weight is 593 g/mol. The Labute approximate surface area is 248 Å². The number of carboxylic acid groups (broad SMARTS) is 1. The van der Waals surface area contributed by atoms with Crippen LogP contribution < -0.4 is 5.32 Å². The van der Waals surface area contributed by atoms with E-state index in [1.165, 1.54) is 29.2 Å². The zero-order valence-corrected chi connectivity index (χ0v) is 24.0. The summed E-state index contributed by atoms with van der Waals surface area (Å²) in [7, 11) is 0. The maximum Gasteiger partial charge on any atom is 0.335 e. The van der Waals surface area contributed by atoms with Gasteiger partial charge in [0.2, 0.25) is 11.8 Å². The molecule has 4 unspecified atom stereocenters. The topological polar surface area (TPSA) is 140 Å². The Morgan fingerprint density at radius 2 is 1.93 bits per heavy atom. The number of halogens is 1. The van der Waals surface area contributed by atoms with Crippen molar-refractivity contribution < 1.29 is 24.2 Å². The van der Waals surface area contributed by atoms with Gasteiger partial charge >= 0.3 is 5.97 Å². The molecule has 0 radical (unpaired) electrons. The molecule has 2 aliphatic heterocycles. The molecule has 2 saturated heterocycles. The van der Waals surface area contributed by atoms with Crippen molar-refractivity contribution in [3.05, 3.63) is 71.0 Å². The first-order valence-electron chi connectivity index (χ1n) is 14.0. The summed E-state index contributed by atoms with van der Waals surface area (Å²) in [5, 5.41) is 23.9. The van der Waals surface area contributed by atoms with Crippen molar-refractivity contribution in [1.29, 1.82) is 0 Å². The molecule has 2 aromatic carbocycles. The minimum absolute atomic E-state index is 0.125. The molecular formula is C30H33ClN6O5. The highest BCUT2D eigenvalue weighted by Gasteiger charge is 2.43. The molecule has 42 heavy (non-hydrogen) atoms. The van der Waals surface area contributed by atoms with Crippen LogP contribution in [0.15, 0.2) is 54.9 Å². The van der Waals surface area contributed by atoms with Crippen LogP contribution in [0.5, 0.6) is 0 Å². The van der Waals surface area contributed by atoms with E-state index in [9.17, 15) is 19.5 Å². The molecule has 220 valence electrons. The van der Waals surface area contributed by atoms with Gasteiger partial charge in [-0.1, -0.05) is 18.5 Å². The van der Waals surface area contributed by atoms with E-state index in [-0.39, 0.29) is 23.3 Å². The number of carboxylic acids is 1. The standard InChI is InChI=1S/C30H33ClN6O5/c1-19-12-14-42-13-2-3-25(19)22-16-27(29(39)33-24-8-4-20(5-9-24)30(40)41)36(17-22)28(38)11-6-21-15-23(31)7-10-26(21)37-18-32-34-35-37/h4-11,15,18-19,22,25,27H,2-3,12-14,16-17H2,1H3,(H,33,39)(H,40,41). The van der Waals surface area contributed by atoms with Crippen molar-refractivity contribution in [3.8, 4) is 5.69 Å². The van der Waals surface area contributed by atoms with Gasteiger partial charge in [0.05, 0.1) is 11.3 Å². The lowest BCUT2D eigenvalue weighted by molar-refractivity contribution is -0.132. The van der Waals surface area contributed by atoms with Gasteiger partial charge < -0.3 is 20.1 Å². The number of aromatic carboxylic acids is 1. The van der Waals surface area contributed by atoms with Crippen LogP contribution in [-0.2, 0) is 14.3 Å². The summed E-state index contributed by atoms with van der Waals surface area (Å²) in [6.07, 6.45) is 7.98. The molecule has 12 heteroatoms. The van der Waals surface area contributed by atoms with Gasteiger partial charge in [0.1, 0.15) is 12.4 Å². The van der Waals surface area contributed by atoms with E-state index in [4.69, 9.17) is 16.3 Å². The summed E-state index contributed by atoms with van der Waals surface area (Å²) in [6, 6.07) is 10.5. The maximum atomic E-state index is 13.7. The predicted octanol–water partition coefficient (Wildman–Crippen LogP) is 4.34. The van der Waals surface area contributed by atoms with Crippen LogP contribution in [0.4, 0.5) is 5.69 Å². The number of benzene rings is 2. The average Bonchev–Trinajstić information content (AvgIpc) is 3.65. The van der Waals surface area contributed by atoms with E-state index in [1.807, 2.05) is 0 Å². The Morgan fingerprint density at radius 3 is 2.67 bits per heavy atom. The normalized spacial score (nSPS) is 23.0. The van der Waals surface area contributed by atoms with Gasteiger partial charge in [-0.25, -0.2) is 4.79 Å². The molecule has 4 atom stereocenters. The lowest BCUT2D eigenvalue weighted by atomic mass is 9.76. The van der Waals surface area contributed by atoms with Crippen molar-refractivity contribution in [3.63, 3.8) is 0 Å². The third-order valence-electron chi connectivity index (χ3n) is 8.19. The van der Waals surface area contributed by atoms with Crippen LogP contribution in [-0.4, -0.2) is 73.8 Å². The lowest BCUT2D eigenvalue weighted by Crippen LogP contribution is -2.42. The van der Waals surface area contributed by atoms with Gasteiger partial charge in [-0.2, -0.15) is 4.68 Å². The van der Waals surface area contributed by atoms with E-state index >= 15 is 0 Å². The molecule has 3 aromatic rings. The van der Waals surface area contributed by atoms with Gasteiger partial charge in [0.15, 0.2) is 0 Å². The number of amides is 2. The second-order valence-electron chi connectivity index (χ2n) is 10.8. The molecule has 2 N–H and O–H groups in total. The van der Waals surface area contributed by atoms with Crippen molar-refractivity contribution in [2.45, 2.75) is 38.6 Å². The maximum absolute atomic E-state index is 13.7.